The molecule has 1 aromatic heterocycles. The third-order valence-corrected chi connectivity index (χ3v) is 6.68. The van der Waals surface area contributed by atoms with Crippen LogP contribution in [-0.4, -0.2) is 39.9 Å². The summed E-state index contributed by atoms with van der Waals surface area (Å²) >= 11 is 0. The van der Waals surface area contributed by atoms with Crippen LogP contribution in [0.5, 0.6) is 11.6 Å². The first-order valence-electron chi connectivity index (χ1n) is 12.9. The highest BCUT2D eigenvalue weighted by atomic mass is 16.5. The molecular formula is C29H32N8O2. The molecule has 1 aliphatic rings. The summed E-state index contributed by atoms with van der Waals surface area (Å²) in [5.41, 5.74) is 16.7. The molecule has 1 aliphatic heterocycles. The molecule has 1 amide bonds. The van der Waals surface area contributed by atoms with Crippen LogP contribution in [-0.2, 0) is 17.8 Å². The molecule has 0 aliphatic carbocycles. The molecule has 10 nitrogen and oxygen atoms in total. The summed E-state index contributed by atoms with van der Waals surface area (Å²) in [5, 5.41) is 21.6. The Bertz CT molecular complexity index is 1420. The van der Waals surface area contributed by atoms with Gasteiger partial charge in [0.15, 0.2) is 0 Å². The Morgan fingerprint density at radius 2 is 1.79 bits per heavy atom. The fourth-order valence-electron chi connectivity index (χ4n) is 4.61. The number of nitriles is 2. The third kappa shape index (κ3) is 6.50. The molecule has 0 saturated heterocycles. The van der Waals surface area contributed by atoms with Gasteiger partial charge in [-0.25, -0.2) is 4.98 Å². The van der Waals surface area contributed by atoms with E-state index in [0.29, 0.717) is 54.6 Å². The molecule has 2 aromatic carbocycles. The first-order chi connectivity index (χ1) is 18.8. The minimum Gasteiger partial charge on any atom is -0.438 e. The van der Waals surface area contributed by atoms with E-state index in [2.05, 4.69) is 22.4 Å². The molecule has 5 N–H and O–H groups in total. The van der Waals surface area contributed by atoms with Crippen molar-refractivity contribution in [2.45, 2.75) is 52.1 Å². The lowest BCUT2D eigenvalue weighted by atomic mass is 10.0. The number of nitrogens with two attached hydrogens (primary N) is 2. The van der Waals surface area contributed by atoms with Crippen molar-refractivity contribution in [2.75, 3.05) is 18.4 Å². The van der Waals surface area contributed by atoms with Crippen LogP contribution >= 0.6 is 0 Å². The average Bonchev–Trinajstić information content (AvgIpc) is 2.94. The third-order valence-electron chi connectivity index (χ3n) is 6.68. The number of unbranched alkanes of at least 4 members (excludes halogenated alkanes) is 1. The highest BCUT2D eigenvalue weighted by Crippen LogP contribution is 2.35. The number of hydrogen-bond acceptors (Lipinski definition) is 9. The Morgan fingerprint density at radius 3 is 2.44 bits per heavy atom. The smallest absolute Gasteiger partial charge is 0.239 e. The van der Waals surface area contributed by atoms with Gasteiger partial charge in [-0.15, -0.1) is 0 Å². The number of aromatic nitrogens is 2. The summed E-state index contributed by atoms with van der Waals surface area (Å²) in [6.07, 6.45) is 2.72. The van der Waals surface area contributed by atoms with E-state index in [1.165, 1.54) is 0 Å². The maximum Gasteiger partial charge on any atom is 0.239 e. The Kier molecular flexibility index (Phi) is 8.72. The van der Waals surface area contributed by atoms with Crippen LogP contribution in [0.3, 0.4) is 0 Å². The van der Waals surface area contributed by atoms with Gasteiger partial charge >= 0.3 is 0 Å². The number of anilines is 2. The first-order valence-corrected chi connectivity index (χ1v) is 12.9. The molecule has 3 aromatic rings. The minimum absolute atomic E-state index is 0.117. The number of hydrogen-bond donors (Lipinski definition) is 3. The summed E-state index contributed by atoms with van der Waals surface area (Å²) in [5.74, 6) is 1.16. The Hall–Kier alpha value is -4.51. The van der Waals surface area contributed by atoms with Gasteiger partial charge in [0.05, 0.1) is 47.1 Å². The zero-order valence-corrected chi connectivity index (χ0v) is 22.2. The zero-order chi connectivity index (χ0) is 27.9. The Balaban J connectivity index is 1.67. The van der Waals surface area contributed by atoms with Crippen molar-refractivity contribution in [1.29, 1.82) is 10.5 Å². The van der Waals surface area contributed by atoms with E-state index in [9.17, 15) is 10.1 Å². The number of carbonyl (C=O) groups is 1. The second-order valence-corrected chi connectivity index (χ2v) is 9.65. The lowest BCUT2D eigenvalue weighted by Crippen LogP contribution is -2.46. The molecule has 0 saturated carbocycles. The summed E-state index contributed by atoms with van der Waals surface area (Å²) in [6.45, 7) is 5.09. The van der Waals surface area contributed by atoms with E-state index in [1.807, 2.05) is 13.8 Å². The topological polar surface area (TPSA) is 167 Å². The van der Waals surface area contributed by atoms with Crippen molar-refractivity contribution in [2.24, 2.45) is 11.5 Å². The minimum atomic E-state index is -0.594. The number of ether oxygens (including phenoxy) is 1. The lowest BCUT2D eigenvalue weighted by molar-refractivity contribution is -0.133. The maximum atomic E-state index is 13.1. The van der Waals surface area contributed by atoms with Crippen molar-refractivity contribution in [3.63, 3.8) is 0 Å². The molecular weight excluding hydrogens is 492 g/mol. The van der Waals surface area contributed by atoms with Gasteiger partial charge in [0.1, 0.15) is 5.75 Å². The molecule has 2 heterocycles. The number of nitrogens with zero attached hydrogens (tertiary/aromatic N) is 5. The second-order valence-electron chi connectivity index (χ2n) is 9.65. The average molecular weight is 525 g/mol. The summed E-state index contributed by atoms with van der Waals surface area (Å²) in [6, 6.07) is 14.2. The van der Waals surface area contributed by atoms with Crippen LogP contribution in [0, 0.1) is 36.5 Å². The van der Waals surface area contributed by atoms with E-state index >= 15 is 0 Å². The number of fused-ring (bicyclic) bond motifs is 1. The highest BCUT2D eigenvalue weighted by Gasteiger charge is 2.29. The fourth-order valence-corrected chi connectivity index (χ4v) is 4.61. The van der Waals surface area contributed by atoms with Gasteiger partial charge in [-0.3, -0.25) is 4.79 Å². The molecule has 1 atom stereocenters. The Morgan fingerprint density at radius 1 is 1.10 bits per heavy atom. The van der Waals surface area contributed by atoms with E-state index < -0.39 is 6.04 Å². The molecule has 0 spiro atoms. The predicted molar refractivity (Wildman–Crippen MR) is 147 cm³/mol. The van der Waals surface area contributed by atoms with Crippen molar-refractivity contribution < 1.29 is 9.53 Å². The summed E-state index contributed by atoms with van der Waals surface area (Å²) in [4.78, 5) is 24.3. The van der Waals surface area contributed by atoms with E-state index in [-0.39, 0.29) is 12.5 Å². The molecule has 10 heteroatoms. The van der Waals surface area contributed by atoms with Crippen LogP contribution in [0.4, 0.5) is 11.6 Å². The van der Waals surface area contributed by atoms with Gasteiger partial charge in [-0.2, -0.15) is 15.5 Å². The molecule has 4 rings (SSSR count). The first kappa shape index (κ1) is 27.5. The highest BCUT2D eigenvalue weighted by molar-refractivity contribution is 5.82. The number of benzene rings is 2. The number of carbonyl (C=O) groups excluding carboxylic acids is 1. The Labute approximate surface area is 228 Å². The summed E-state index contributed by atoms with van der Waals surface area (Å²) < 4.78 is 6.39. The number of amides is 1. The number of rotatable bonds is 9. The summed E-state index contributed by atoms with van der Waals surface area (Å²) in [7, 11) is 0. The standard InChI is InChI=1S/C29H32N8O2/c1-18-13-21(16-32)14-19(2)26(18)39-27-23-17-37(28(38)24(33)5-3-4-11-30)12-10-25(23)35-29(36-27)34-22-8-6-20(15-31)7-9-22/h6-9,13-14,24H,3-5,10-12,17,30,33H2,1-2H3,(H,34,35,36). The number of aryl methyl sites for hydroxylation is 2. The van der Waals surface area contributed by atoms with Gasteiger partial charge in [0.2, 0.25) is 17.7 Å². The van der Waals surface area contributed by atoms with E-state index in [1.54, 1.807) is 41.3 Å². The van der Waals surface area contributed by atoms with Crippen molar-refractivity contribution >= 4 is 17.5 Å². The van der Waals surface area contributed by atoms with Gasteiger partial charge in [0, 0.05) is 18.7 Å². The van der Waals surface area contributed by atoms with E-state index in [4.69, 9.17) is 26.5 Å². The molecule has 1 unspecified atom stereocenters. The van der Waals surface area contributed by atoms with Crippen LogP contribution in [0.15, 0.2) is 36.4 Å². The maximum absolute atomic E-state index is 13.1. The van der Waals surface area contributed by atoms with Crippen molar-refractivity contribution in [3.8, 4) is 23.8 Å². The normalized spacial score (nSPS) is 13.1. The molecule has 200 valence electrons. The molecule has 0 fully saturated rings. The number of nitrogens with one attached hydrogen (secondary N) is 1. The van der Waals surface area contributed by atoms with E-state index in [0.717, 1.165) is 40.9 Å². The van der Waals surface area contributed by atoms with Crippen molar-refractivity contribution in [3.05, 3.63) is 69.9 Å². The van der Waals surface area contributed by atoms with Crippen LogP contribution < -0.4 is 21.5 Å². The van der Waals surface area contributed by atoms with Gasteiger partial charge in [-0.05, 0) is 80.8 Å². The lowest BCUT2D eigenvalue weighted by Gasteiger charge is -2.31. The quantitative estimate of drug-likeness (QED) is 0.353. The second kappa shape index (κ2) is 12.4. The molecule has 0 radical (unpaired) electrons. The van der Waals surface area contributed by atoms with Crippen LogP contribution in [0.25, 0.3) is 0 Å². The predicted octanol–water partition coefficient (Wildman–Crippen LogP) is 3.71. The van der Waals surface area contributed by atoms with Crippen molar-refractivity contribution in [1.82, 2.24) is 14.9 Å². The van der Waals surface area contributed by atoms with Crippen LogP contribution in [0.1, 0.15) is 52.8 Å². The fraction of sp³-hybridized carbons (Fsp3) is 0.345. The molecule has 39 heavy (non-hydrogen) atoms. The SMILES string of the molecule is Cc1cc(C#N)cc(C)c1Oc1nc(Nc2ccc(C#N)cc2)nc2c1CN(C(=O)C(N)CCCCN)CC2. The van der Waals surface area contributed by atoms with Crippen LogP contribution in [0.2, 0.25) is 0 Å². The largest absolute Gasteiger partial charge is 0.438 e. The van der Waals surface area contributed by atoms with Gasteiger partial charge < -0.3 is 26.4 Å². The molecule has 0 bridgehead atoms. The monoisotopic (exact) mass is 524 g/mol. The van der Waals surface area contributed by atoms with Gasteiger partial charge in [0.25, 0.3) is 0 Å². The zero-order valence-electron chi connectivity index (χ0n) is 22.2. The van der Waals surface area contributed by atoms with Gasteiger partial charge in [-0.1, -0.05) is 6.42 Å².